The molecule has 0 saturated carbocycles. The molecule has 0 aliphatic heterocycles. The zero-order valence-electron chi connectivity index (χ0n) is 22.1. The van der Waals surface area contributed by atoms with Crippen molar-refractivity contribution in [2.75, 3.05) is 24.9 Å². The third kappa shape index (κ3) is 6.85. The Morgan fingerprint density at radius 1 is 0.711 bits per heavy atom. The first-order valence-electron chi connectivity index (χ1n) is 12.8. The molecule has 0 spiro atoms. The van der Waals surface area contributed by atoms with E-state index >= 15 is 0 Å². The van der Waals surface area contributed by atoms with Crippen molar-refractivity contribution in [3.05, 3.63) is 114 Å². The summed E-state index contributed by atoms with van der Waals surface area (Å²) >= 11 is 0. The van der Waals surface area contributed by atoms with Crippen LogP contribution in [0.25, 0.3) is 0 Å². The van der Waals surface area contributed by atoms with Crippen LogP contribution in [0.4, 0.5) is 16.2 Å². The zero-order valence-corrected chi connectivity index (χ0v) is 22.1. The number of aryl methyl sites for hydroxylation is 1. The SMILES string of the molecule is CCCCc1cc(NC(=O)Nc2ccc(OC)c(OC)c2)ccc1OC(c1ccccc1)c1ccccc1. The largest absolute Gasteiger partial charge is 0.493 e. The van der Waals surface area contributed by atoms with E-state index in [2.05, 4.69) is 41.8 Å². The Labute approximate surface area is 224 Å². The highest BCUT2D eigenvalue weighted by Gasteiger charge is 2.18. The first-order valence-corrected chi connectivity index (χ1v) is 12.8. The van der Waals surface area contributed by atoms with Crippen molar-refractivity contribution in [2.24, 2.45) is 0 Å². The monoisotopic (exact) mass is 510 g/mol. The molecule has 4 aromatic carbocycles. The first kappa shape index (κ1) is 26.6. The highest BCUT2D eigenvalue weighted by molar-refractivity contribution is 6.00. The number of ether oxygens (including phenoxy) is 3. The van der Waals surface area contributed by atoms with E-state index in [0.717, 1.165) is 41.7 Å². The van der Waals surface area contributed by atoms with Crippen LogP contribution >= 0.6 is 0 Å². The fourth-order valence-electron chi connectivity index (χ4n) is 4.25. The minimum atomic E-state index is -0.348. The Kier molecular flexibility index (Phi) is 9.24. The second-order valence-corrected chi connectivity index (χ2v) is 8.89. The van der Waals surface area contributed by atoms with Gasteiger partial charge in [-0.05, 0) is 59.9 Å². The zero-order chi connectivity index (χ0) is 26.7. The quantitative estimate of drug-likeness (QED) is 0.215. The molecular weight excluding hydrogens is 476 g/mol. The molecule has 0 aliphatic rings. The molecule has 0 aromatic heterocycles. The first-order chi connectivity index (χ1) is 18.6. The number of unbranched alkanes of at least 4 members (excludes halogenated alkanes) is 1. The molecule has 0 saturated heterocycles. The number of hydrogen-bond acceptors (Lipinski definition) is 4. The average molecular weight is 511 g/mol. The van der Waals surface area contributed by atoms with Crippen molar-refractivity contribution in [3.63, 3.8) is 0 Å². The van der Waals surface area contributed by atoms with Gasteiger partial charge in [0.25, 0.3) is 0 Å². The molecule has 6 heteroatoms. The van der Waals surface area contributed by atoms with E-state index in [0.29, 0.717) is 22.9 Å². The van der Waals surface area contributed by atoms with Gasteiger partial charge in [-0.25, -0.2) is 4.79 Å². The number of nitrogens with one attached hydrogen (secondary N) is 2. The molecule has 0 bridgehead atoms. The van der Waals surface area contributed by atoms with Gasteiger partial charge in [0.15, 0.2) is 11.5 Å². The fourth-order valence-corrected chi connectivity index (χ4v) is 4.25. The molecule has 0 unspecified atom stereocenters. The lowest BCUT2D eigenvalue weighted by Crippen LogP contribution is -2.19. The second-order valence-electron chi connectivity index (χ2n) is 8.89. The number of rotatable bonds is 11. The smallest absolute Gasteiger partial charge is 0.323 e. The Hall–Kier alpha value is -4.45. The van der Waals surface area contributed by atoms with Gasteiger partial charge < -0.3 is 24.8 Å². The molecular formula is C32H34N2O4. The number of amides is 2. The van der Waals surface area contributed by atoms with Crippen LogP contribution in [0.2, 0.25) is 0 Å². The van der Waals surface area contributed by atoms with Crippen LogP contribution in [0.15, 0.2) is 97.1 Å². The lowest BCUT2D eigenvalue weighted by molar-refractivity contribution is 0.244. The molecule has 6 nitrogen and oxygen atoms in total. The number of methoxy groups -OCH3 is 2. The van der Waals surface area contributed by atoms with E-state index in [1.165, 1.54) is 0 Å². The summed E-state index contributed by atoms with van der Waals surface area (Å²) in [7, 11) is 3.13. The summed E-state index contributed by atoms with van der Waals surface area (Å²) in [5.74, 6) is 1.95. The summed E-state index contributed by atoms with van der Waals surface area (Å²) in [5.41, 5.74) is 4.50. The van der Waals surface area contributed by atoms with Gasteiger partial charge in [-0.15, -0.1) is 0 Å². The van der Waals surface area contributed by atoms with Crippen LogP contribution in [0.1, 0.15) is 42.6 Å². The summed E-state index contributed by atoms with van der Waals surface area (Å²) in [6.07, 6.45) is 2.66. The topological polar surface area (TPSA) is 68.8 Å². The van der Waals surface area contributed by atoms with E-state index in [4.69, 9.17) is 14.2 Å². The van der Waals surface area contributed by atoms with Gasteiger partial charge in [-0.1, -0.05) is 74.0 Å². The van der Waals surface area contributed by atoms with E-state index in [9.17, 15) is 4.79 Å². The lowest BCUT2D eigenvalue weighted by atomic mass is 10.0. The molecule has 4 aromatic rings. The molecule has 196 valence electrons. The van der Waals surface area contributed by atoms with Crippen LogP contribution in [0.5, 0.6) is 17.2 Å². The fraction of sp³-hybridized carbons (Fsp3) is 0.219. The normalized spacial score (nSPS) is 10.6. The van der Waals surface area contributed by atoms with Crippen LogP contribution < -0.4 is 24.8 Å². The lowest BCUT2D eigenvalue weighted by Gasteiger charge is -2.22. The van der Waals surface area contributed by atoms with Gasteiger partial charge in [-0.3, -0.25) is 0 Å². The number of carbonyl (C=O) groups excluding carboxylic acids is 1. The Morgan fingerprint density at radius 3 is 1.82 bits per heavy atom. The van der Waals surface area contributed by atoms with Crippen molar-refractivity contribution >= 4 is 17.4 Å². The molecule has 0 fully saturated rings. The standard InChI is InChI=1S/C32H34N2O4/c1-4-5-12-25-21-26(33-32(35)34-27-18-20-29(36-2)30(22-27)37-3)17-19-28(25)38-31(23-13-8-6-9-14-23)24-15-10-7-11-16-24/h6-11,13-22,31H,4-5,12H2,1-3H3,(H2,33,34,35). The number of urea groups is 1. The maximum Gasteiger partial charge on any atom is 0.323 e. The number of anilines is 2. The maximum atomic E-state index is 12.8. The predicted octanol–water partition coefficient (Wildman–Crippen LogP) is 7.86. The Morgan fingerprint density at radius 2 is 1.26 bits per heavy atom. The average Bonchev–Trinajstić information content (AvgIpc) is 2.96. The van der Waals surface area contributed by atoms with Crippen molar-refractivity contribution in [1.82, 2.24) is 0 Å². The minimum absolute atomic E-state index is 0.245. The molecule has 0 aliphatic carbocycles. The molecule has 38 heavy (non-hydrogen) atoms. The summed E-state index contributed by atoms with van der Waals surface area (Å²) in [6.45, 7) is 2.16. The summed E-state index contributed by atoms with van der Waals surface area (Å²) < 4.78 is 17.3. The Balaban J connectivity index is 1.55. The summed E-state index contributed by atoms with van der Waals surface area (Å²) in [5, 5.41) is 5.79. The van der Waals surface area contributed by atoms with Crippen molar-refractivity contribution in [1.29, 1.82) is 0 Å². The molecule has 0 radical (unpaired) electrons. The third-order valence-corrected chi connectivity index (χ3v) is 6.21. The van der Waals surface area contributed by atoms with Crippen LogP contribution in [0.3, 0.4) is 0 Å². The highest BCUT2D eigenvalue weighted by Crippen LogP contribution is 2.33. The van der Waals surface area contributed by atoms with Gasteiger partial charge in [0.2, 0.25) is 0 Å². The van der Waals surface area contributed by atoms with E-state index in [1.807, 2.05) is 54.6 Å². The van der Waals surface area contributed by atoms with E-state index in [1.54, 1.807) is 32.4 Å². The second kappa shape index (κ2) is 13.2. The van der Waals surface area contributed by atoms with E-state index in [-0.39, 0.29) is 12.1 Å². The van der Waals surface area contributed by atoms with Gasteiger partial charge in [0.1, 0.15) is 11.9 Å². The maximum absolute atomic E-state index is 12.8. The molecule has 0 atom stereocenters. The van der Waals surface area contributed by atoms with Crippen LogP contribution in [-0.4, -0.2) is 20.3 Å². The van der Waals surface area contributed by atoms with Gasteiger partial charge in [0, 0.05) is 17.4 Å². The number of carbonyl (C=O) groups is 1. The van der Waals surface area contributed by atoms with Crippen molar-refractivity contribution in [3.8, 4) is 17.2 Å². The molecule has 2 N–H and O–H groups in total. The number of benzene rings is 4. The molecule has 4 rings (SSSR count). The summed E-state index contributed by atoms with van der Waals surface area (Å²) in [4.78, 5) is 12.8. The Bertz CT molecular complexity index is 1290. The number of hydrogen-bond donors (Lipinski definition) is 2. The molecule has 0 heterocycles. The molecule has 2 amide bonds. The van der Waals surface area contributed by atoms with E-state index < -0.39 is 0 Å². The van der Waals surface area contributed by atoms with Gasteiger partial charge in [-0.2, -0.15) is 0 Å². The van der Waals surface area contributed by atoms with Crippen LogP contribution in [-0.2, 0) is 6.42 Å². The van der Waals surface area contributed by atoms with Gasteiger partial charge in [0.05, 0.1) is 14.2 Å². The highest BCUT2D eigenvalue weighted by atomic mass is 16.5. The predicted molar refractivity (Wildman–Crippen MR) is 153 cm³/mol. The van der Waals surface area contributed by atoms with Crippen molar-refractivity contribution < 1.29 is 19.0 Å². The minimum Gasteiger partial charge on any atom is -0.493 e. The van der Waals surface area contributed by atoms with Crippen molar-refractivity contribution in [2.45, 2.75) is 32.3 Å². The van der Waals surface area contributed by atoms with Gasteiger partial charge >= 0.3 is 6.03 Å². The summed E-state index contributed by atoms with van der Waals surface area (Å²) in [6, 6.07) is 31.1. The third-order valence-electron chi connectivity index (χ3n) is 6.21. The van der Waals surface area contributed by atoms with Crippen LogP contribution in [0, 0.1) is 0 Å².